The molecule has 1 fully saturated rings. The SMILES string of the molecule is Cc1ccc(C2CC(C)CCC2CN)cc1Cl. The highest BCUT2D eigenvalue weighted by Gasteiger charge is 2.28. The zero-order valence-corrected chi connectivity index (χ0v) is 11.5. The topological polar surface area (TPSA) is 26.0 Å². The van der Waals surface area contributed by atoms with E-state index in [9.17, 15) is 0 Å². The predicted octanol–water partition coefficient (Wildman–Crippen LogP) is 4.13. The summed E-state index contributed by atoms with van der Waals surface area (Å²) in [6.45, 7) is 5.19. The van der Waals surface area contributed by atoms with E-state index in [2.05, 4.69) is 32.0 Å². The lowest BCUT2D eigenvalue weighted by atomic mass is 9.71. The summed E-state index contributed by atoms with van der Waals surface area (Å²) in [6, 6.07) is 6.50. The third kappa shape index (κ3) is 2.83. The molecule has 0 heterocycles. The molecule has 0 radical (unpaired) electrons. The van der Waals surface area contributed by atoms with Crippen LogP contribution in [0.15, 0.2) is 18.2 Å². The first-order valence-corrected chi connectivity index (χ1v) is 6.95. The van der Waals surface area contributed by atoms with Gasteiger partial charge in [-0.15, -0.1) is 0 Å². The molecule has 2 rings (SSSR count). The number of hydrogen-bond donors (Lipinski definition) is 1. The van der Waals surface area contributed by atoms with Crippen molar-refractivity contribution in [3.8, 4) is 0 Å². The van der Waals surface area contributed by atoms with Crippen molar-refractivity contribution in [3.05, 3.63) is 34.3 Å². The van der Waals surface area contributed by atoms with E-state index in [0.717, 1.165) is 23.0 Å². The van der Waals surface area contributed by atoms with Crippen LogP contribution < -0.4 is 5.73 Å². The minimum absolute atomic E-state index is 0.599. The second-order valence-corrected chi connectivity index (χ2v) is 5.94. The molecule has 3 unspecified atom stereocenters. The molecule has 1 aromatic carbocycles. The van der Waals surface area contributed by atoms with Gasteiger partial charge in [0.25, 0.3) is 0 Å². The highest BCUT2D eigenvalue weighted by atomic mass is 35.5. The van der Waals surface area contributed by atoms with Gasteiger partial charge in [0.2, 0.25) is 0 Å². The van der Waals surface area contributed by atoms with Crippen molar-refractivity contribution in [2.45, 2.75) is 39.0 Å². The van der Waals surface area contributed by atoms with Crippen LogP contribution in [0.5, 0.6) is 0 Å². The minimum atomic E-state index is 0.599. The van der Waals surface area contributed by atoms with E-state index >= 15 is 0 Å². The normalized spacial score (nSPS) is 29.3. The molecule has 1 aliphatic carbocycles. The highest BCUT2D eigenvalue weighted by molar-refractivity contribution is 6.31. The number of rotatable bonds is 2. The summed E-state index contributed by atoms with van der Waals surface area (Å²) in [5.41, 5.74) is 8.44. The van der Waals surface area contributed by atoms with Crippen LogP contribution in [0.4, 0.5) is 0 Å². The molecular formula is C15H22ClN. The summed E-state index contributed by atoms with van der Waals surface area (Å²) in [5, 5.41) is 0.886. The van der Waals surface area contributed by atoms with Gasteiger partial charge in [-0.1, -0.05) is 37.1 Å². The van der Waals surface area contributed by atoms with E-state index in [0.29, 0.717) is 11.8 Å². The molecule has 0 aromatic heterocycles. The van der Waals surface area contributed by atoms with Gasteiger partial charge in [-0.05, 0) is 61.3 Å². The zero-order chi connectivity index (χ0) is 12.4. The van der Waals surface area contributed by atoms with Gasteiger partial charge < -0.3 is 5.73 Å². The van der Waals surface area contributed by atoms with Crippen molar-refractivity contribution in [1.82, 2.24) is 0 Å². The van der Waals surface area contributed by atoms with E-state index in [1.807, 2.05) is 0 Å². The van der Waals surface area contributed by atoms with Crippen molar-refractivity contribution >= 4 is 11.6 Å². The fraction of sp³-hybridized carbons (Fsp3) is 0.600. The van der Waals surface area contributed by atoms with Crippen LogP contribution in [-0.4, -0.2) is 6.54 Å². The summed E-state index contributed by atoms with van der Waals surface area (Å²) < 4.78 is 0. The van der Waals surface area contributed by atoms with Crippen molar-refractivity contribution < 1.29 is 0 Å². The quantitative estimate of drug-likeness (QED) is 0.841. The van der Waals surface area contributed by atoms with Gasteiger partial charge in [-0.3, -0.25) is 0 Å². The maximum absolute atomic E-state index is 6.23. The molecular weight excluding hydrogens is 230 g/mol. The largest absolute Gasteiger partial charge is 0.330 e. The Bertz CT molecular complexity index is 389. The van der Waals surface area contributed by atoms with Gasteiger partial charge >= 0.3 is 0 Å². The van der Waals surface area contributed by atoms with Gasteiger partial charge in [0.1, 0.15) is 0 Å². The van der Waals surface area contributed by atoms with E-state index in [-0.39, 0.29) is 0 Å². The smallest absolute Gasteiger partial charge is 0.0438 e. The summed E-state index contributed by atoms with van der Waals surface area (Å²) in [5.74, 6) is 2.04. The van der Waals surface area contributed by atoms with Crippen LogP contribution in [0.1, 0.15) is 43.2 Å². The van der Waals surface area contributed by atoms with Crippen molar-refractivity contribution in [3.63, 3.8) is 0 Å². The maximum Gasteiger partial charge on any atom is 0.0438 e. The van der Waals surface area contributed by atoms with E-state index in [4.69, 9.17) is 17.3 Å². The Hall–Kier alpha value is -0.530. The molecule has 17 heavy (non-hydrogen) atoms. The predicted molar refractivity (Wildman–Crippen MR) is 74.5 cm³/mol. The van der Waals surface area contributed by atoms with Gasteiger partial charge in [0, 0.05) is 5.02 Å². The maximum atomic E-state index is 6.23. The zero-order valence-electron chi connectivity index (χ0n) is 10.7. The van der Waals surface area contributed by atoms with Crippen molar-refractivity contribution in [2.24, 2.45) is 17.6 Å². The third-order valence-corrected chi connectivity index (χ3v) is 4.59. The van der Waals surface area contributed by atoms with Crippen molar-refractivity contribution in [1.29, 1.82) is 0 Å². The monoisotopic (exact) mass is 251 g/mol. The number of hydrogen-bond acceptors (Lipinski definition) is 1. The van der Waals surface area contributed by atoms with Gasteiger partial charge in [0.15, 0.2) is 0 Å². The molecule has 0 bridgehead atoms. The second-order valence-electron chi connectivity index (χ2n) is 5.53. The van der Waals surface area contributed by atoms with E-state index in [1.165, 1.54) is 24.8 Å². The van der Waals surface area contributed by atoms with Crippen molar-refractivity contribution in [2.75, 3.05) is 6.54 Å². The molecule has 0 saturated heterocycles. The Morgan fingerprint density at radius 1 is 1.35 bits per heavy atom. The molecule has 0 amide bonds. The minimum Gasteiger partial charge on any atom is -0.330 e. The Labute approximate surface area is 109 Å². The van der Waals surface area contributed by atoms with Gasteiger partial charge in [-0.25, -0.2) is 0 Å². The molecule has 1 aromatic rings. The summed E-state index contributed by atoms with van der Waals surface area (Å²) in [7, 11) is 0. The number of nitrogens with two attached hydrogens (primary N) is 1. The molecule has 3 atom stereocenters. The molecule has 1 aliphatic rings. The number of halogens is 1. The number of benzene rings is 1. The van der Waals surface area contributed by atoms with Crippen LogP contribution in [-0.2, 0) is 0 Å². The Balaban J connectivity index is 2.25. The summed E-state index contributed by atoms with van der Waals surface area (Å²) >= 11 is 6.23. The molecule has 0 spiro atoms. The molecule has 2 heteroatoms. The summed E-state index contributed by atoms with van der Waals surface area (Å²) in [6.07, 6.45) is 3.83. The first kappa shape index (κ1) is 12.9. The van der Waals surface area contributed by atoms with E-state index in [1.54, 1.807) is 0 Å². The Morgan fingerprint density at radius 2 is 2.12 bits per heavy atom. The standard InChI is InChI=1S/C15H22ClN/c1-10-3-5-13(9-17)14(7-10)12-6-4-11(2)15(16)8-12/h4,6,8,10,13-14H,3,5,7,9,17H2,1-2H3. The molecule has 0 aliphatic heterocycles. The molecule has 1 nitrogen and oxygen atoms in total. The van der Waals surface area contributed by atoms with Crippen LogP contribution in [0.2, 0.25) is 5.02 Å². The number of aryl methyl sites for hydroxylation is 1. The molecule has 94 valence electrons. The Kier molecular flexibility index (Phi) is 4.11. The van der Waals surface area contributed by atoms with Crippen LogP contribution in [0.3, 0.4) is 0 Å². The fourth-order valence-corrected chi connectivity index (χ4v) is 3.16. The summed E-state index contributed by atoms with van der Waals surface area (Å²) in [4.78, 5) is 0. The highest BCUT2D eigenvalue weighted by Crippen LogP contribution is 2.40. The molecule has 1 saturated carbocycles. The first-order valence-electron chi connectivity index (χ1n) is 6.58. The average molecular weight is 252 g/mol. The lowest BCUT2D eigenvalue weighted by Gasteiger charge is -2.34. The third-order valence-electron chi connectivity index (χ3n) is 4.18. The van der Waals surface area contributed by atoms with Crippen LogP contribution in [0.25, 0.3) is 0 Å². The second kappa shape index (κ2) is 5.41. The van der Waals surface area contributed by atoms with Crippen LogP contribution >= 0.6 is 11.6 Å². The van der Waals surface area contributed by atoms with Gasteiger partial charge in [-0.2, -0.15) is 0 Å². The lowest BCUT2D eigenvalue weighted by molar-refractivity contribution is 0.254. The fourth-order valence-electron chi connectivity index (χ4n) is 2.97. The average Bonchev–Trinajstić information content (AvgIpc) is 2.32. The van der Waals surface area contributed by atoms with E-state index < -0.39 is 0 Å². The first-order chi connectivity index (χ1) is 8.11. The Morgan fingerprint density at radius 3 is 2.76 bits per heavy atom. The lowest BCUT2D eigenvalue weighted by Crippen LogP contribution is -2.28. The molecule has 2 N–H and O–H groups in total. The van der Waals surface area contributed by atoms with Gasteiger partial charge in [0.05, 0.1) is 0 Å². The van der Waals surface area contributed by atoms with Crippen LogP contribution in [0, 0.1) is 18.8 Å².